The van der Waals surface area contributed by atoms with Crippen LogP contribution in [-0.4, -0.2) is 44.4 Å². The lowest BCUT2D eigenvalue weighted by atomic mass is 10.1. The first-order valence-electron chi connectivity index (χ1n) is 9.44. The minimum Gasteiger partial charge on any atom is -0.337 e. The van der Waals surface area contributed by atoms with Crippen molar-refractivity contribution in [2.24, 2.45) is 0 Å². The summed E-state index contributed by atoms with van der Waals surface area (Å²) in [4.78, 5) is 22.2. The number of aryl methyl sites for hydroxylation is 1. The number of nitrogens with zero attached hydrogens (tertiary/aromatic N) is 4. The standard InChI is InChI=1S/C21H21ClN4OS/c1-14-23-17(13-28-14)10-26-20-12-24(9-15-4-6-16(22)7-5-15)11-19(20)25-8-2-3-18(25)21(26)27/h2-8,13,19-20H,9-12H2,1H3/t19-,20+/m0/s1. The molecule has 0 N–H and O–H groups in total. The van der Waals surface area contributed by atoms with E-state index in [1.54, 1.807) is 11.3 Å². The number of amides is 1. The maximum Gasteiger partial charge on any atom is 0.271 e. The van der Waals surface area contributed by atoms with Crippen molar-refractivity contribution in [1.82, 2.24) is 19.4 Å². The summed E-state index contributed by atoms with van der Waals surface area (Å²) in [5.41, 5.74) is 3.00. The number of hydrogen-bond donors (Lipinski definition) is 0. The minimum absolute atomic E-state index is 0.102. The van der Waals surface area contributed by atoms with Crippen LogP contribution in [0.2, 0.25) is 5.02 Å². The Bertz CT molecular complexity index is 1010. The molecule has 1 aromatic carbocycles. The van der Waals surface area contributed by atoms with E-state index in [9.17, 15) is 4.79 Å². The van der Waals surface area contributed by atoms with Crippen LogP contribution in [0.4, 0.5) is 0 Å². The van der Waals surface area contributed by atoms with Crippen molar-refractivity contribution in [2.75, 3.05) is 13.1 Å². The van der Waals surface area contributed by atoms with Gasteiger partial charge in [0.15, 0.2) is 0 Å². The Morgan fingerprint density at radius 1 is 1.14 bits per heavy atom. The highest BCUT2D eigenvalue weighted by Gasteiger charge is 2.44. The van der Waals surface area contributed by atoms with E-state index in [0.717, 1.165) is 41.1 Å². The van der Waals surface area contributed by atoms with Crippen molar-refractivity contribution in [3.05, 3.63) is 75.0 Å². The fourth-order valence-corrected chi connectivity index (χ4v) is 5.14. The molecule has 1 fully saturated rings. The second-order valence-electron chi connectivity index (χ2n) is 7.55. The third-order valence-corrected chi connectivity index (χ3v) is 6.74. The van der Waals surface area contributed by atoms with E-state index in [1.165, 1.54) is 5.56 Å². The van der Waals surface area contributed by atoms with Gasteiger partial charge in [-0.3, -0.25) is 9.69 Å². The van der Waals surface area contributed by atoms with Gasteiger partial charge >= 0.3 is 0 Å². The van der Waals surface area contributed by atoms with Crippen molar-refractivity contribution < 1.29 is 4.79 Å². The summed E-state index contributed by atoms with van der Waals surface area (Å²) in [6.45, 7) is 5.22. The molecule has 0 aliphatic carbocycles. The molecule has 4 heterocycles. The average molecular weight is 413 g/mol. The normalized spacial score (nSPS) is 21.8. The maximum absolute atomic E-state index is 13.2. The van der Waals surface area contributed by atoms with E-state index in [4.69, 9.17) is 11.6 Å². The molecule has 0 unspecified atom stereocenters. The number of fused-ring (bicyclic) bond motifs is 3. The highest BCUT2D eigenvalue weighted by Crippen LogP contribution is 2.35. The van der Waals surface area contributed by atoms with E-state index in [0.29, 0.717) is 6.54 Å². The number of benzene rings is 1. The largest absolute Gasteiger partial charge is 0.337 e. The topological polar surface area (TPSA) is 41.4 Å². The number of carbonyl (C=O) groups excluding carboxylic acids is 1. The number of thiazole rings is 1. The highest BCUT2D eigenvalue weighted by molar-refractivity contribution is 7.09. The van der Waals surface area contributed by atoms with Gasteiger partial charge in [-0.05, 0) is 36.8 Å². The molecule has 1 saturated heterocycles. The van der Waals surface area contributed by atoms with Crippen LogP contribution in [0.25, 0.3) is 0 Å². The Morgan fingerprint density at radius 3 is 2.68 bits per heavy atom. The Labute approximate surface area is 173 Å². The molecule has 2 aliphatic heterocycles. The molecule has 2 aliphatic rings. The molecule has 7 heteroatoms. The predicted molar refractivity (Wildman–Crippen MR) is 111 cm³/mol. The lowest BCUT2D eigenvalue weighted by Gasteiger charge is -2.38. The van der Waals surface area contributed by atoms with Gasteiger partial charge in [-0.1, -0.05) is 23.7 Å². The second kappa shape index (κ2) is 7.03. The molecule has 0 radical (unpaired) electrons. The molecule has 1 amide bonds. The van der Waals surface area contributed by atoms with Gasteiger partial charge in [0, 0.05) is 36.2 Å². The van der Waals surface area contributed by atoms with Crippen LogP contribution in [0.1, 0.15) is 32.8 Å². The van der Waals surface area contributed by atoms with Gasteiger partial charge < -0.3 is 9.47 Å². The molecule has 28 heavy (non-hydrogen) atoms. The zero-order valence-electron chi connectivity index (χ0n) is 15.6. The van der Waals surface area contributed by atoms with Crippen LogP contribution >= 0.6 is 22.9 Å². The molecule has 0 spiro atoms. The molecular formula is C21H21ClN4OS. The molecule has 144 valence electrons. The van der Waals surface area contributed by atoms with Crippen molar-refractivity contribution in [3.63, 3.8) is 0 Å². The third kappa shape index (κ3) is 3.15. The molecule has 2 aromatic heterocycles. The molecule has 5 nitrogen and oxygen atoms in total. The van der Waals surface area contributed by atoms with Crippen LogP contribution in [0.5, 0.6) is 0 Å². The van der Waals surface area contributed by atoms with E-state index in [2.05, 4.69) is 32.0 Å². The summed E-state index contributed by atoms with van der Waals surface area (Å²) < 4.78 is 2.16. The van der Waals surface area contributed by atoms with Crippen LogP contribution in [0.3, 0.4) is 0 Å². The summed E-state index contributed by atoms with van der Waals surface area (Å²) in [7, 11) is 0. The number of likely N-dealkylation sites (tertiary alicyclic amines) is 1. The predicted octanol–water partition coefficient (Wildman–Crippen LogP) is 3.99. The van der Waals surface area contributed by atoms with Crippen molar-refractivity contribution in [1.29, 1.82) is 0 Å². The van der Waals surface area contributed by atoms with Gasteiger partial charge in [-0.2, -0.15) is 0 Å². The second-order valence-corrected chi connectivity index (χ2v) is 9.05. The highest BCUT2D eigenvalue weighted by atomic mass is 35.5. The maximum atomic E-state index is 13.2. The zero-order valence-corrected chi connectivity index (χ0v) is 17.2. The summed E-state index contributed by atoms with van der Waals surface area (Å²) in [6, 6.07) is 12.4. The molecular weight excluding hydrogens is 392 g/mol. The van der Waals surface area contributed by atoms with Gasteiger partial charge in [-0.25, -0.2) is 4.98 Å². The van der Waals surface area contributed by atoms with E-state index >= 15 is 0 Å². The number of hydrogen-bond acceptors (Lipinski definition) is 4. The summed E-state index contributed by atoms with van der Waals surface area (Å²) in [5, 5.41) is 3.85. The van der Waals surface area contributed by atoms with Gasteiger partial charge in [0.25, 0.3) is 5.91 Å². The first-order chi connectivity index (χ1) is 13.6. The Hall–Kier alpha value is -2.15. The fourth-order valence-electron chi connectivity index (χ4n) is 4.41. The van der Waals surface area contributed by atoms with Crippen molar-refractivity contribution in [3.8, 4) is 0 Å². The van der Waals surface area contributed by atoms with Crippen molar-refractivity contribution >= 4 is 28.8 Å². The fraction of sp³-hybridized carbons (Fsp3) is 0.333. The first kappa shape index (κ1) is 17.9. The van der Waals surface area contributed by atoms with Crippen LogP contribution in [0, 0.1) is 6.92 Å². The molecule has 5 rings (SSSR count). The first-order valence-corrected chi connectivity index (χ1v) is 10.7. The monoisotopic (exact) mass is 412 g/mol. The SMILES string of the molecule is Cc1nc(CN2C(=O)c3cccn3[C@H]3CN(Cc4ccc(Cl)cc4)C[C@H]32)cs1. The van der Waals surface area contributed by atoms with E-state index in [-0.39, 0.29) is 18.0 Å². The minimum atomic E-state index is 0.102. The third-order valence-electron chi connectivity index (χ3n) is 5.67. The number of carbonyl (C=O) groups is 1. The lowest BCUT2D eigenvalue weighted by molar-refractivity contribution is 0.0553. The number of aromatic nitrogens is 2. The molecule has 0 bridgehead atoms. The quantitative estimate of drug-likeness (QED) is 0.650. The van der Waals surface area contributed by atoms with Crippen LogP contribution in [0.15, 0.2) is 48.0 Å². The van der Waals surface area contributed by atoms with Crippen molar-refractivity contribution in [2.45, 2.75) is 32.1 Å². The van der Waals surface area contributed by atoms with Gasteiger partial charge in [0.1, 0.15) is 5.69 Å². The van der Waals surface area contributed by atoms with Gasteiger partial charge in [0.2, 0.25) is 0 Å². The lowest BCUT2D eigenvalue weighted by Crippen LogP contribution is -2.49. The number of halogens is 1. The average Bonchev–Trinajstić information content (AvgIpc) is 3.40. The Kier molecular flexibility index (Phi) is 4.50. The van der Waals surface area contributed by atoms with Crippen LogP contribution in [-0.2, 0) is 13.1 Å². The molecule has 0 saturated carbocycles. The van der Waals surface area contributed by atoms with E-state index < -0.39 is 0 Å². The number of rotatable bonds is 4. The molecule has 2 atom stereocenters. The van der Waals surface area contributed by atoms with Gasteiger partial charge in [0.05, 0.1) is 29.3 Å². The smallest absolute Gasteiger partial charge is 0.271 e. The summed E-state index contributed by atoms with van der Waals surface area (Å²) in [6.07, 6.45) is 2.04. The Balaban J connectivity index is 1.42. The summed E-state index contributed by atoms with van der Waals surface area (Å²) in [5.74, 6) is 0.102. The van der Waals surface area contributed by atoms with Gasteiger partial charge in [-0.15, -0.1) is 11.3 Å². The zero-order chi connectivity index (χ0) is 19.3. The summed E-state index contributed by atoms with van der Waals surface area (Å²) >= 11 is 7.65. The van der Waals surface area contributed by atoms with Crippen LogP contribution < -0.4 is 0 Å². The van der Waals surface area contributed by atoms with E-state index in [1.807, 2.05) is 42.3 Å². The Morgan fingerprint density at radius 2 is 1.93 bits per heavy atom. The molecule has 3 aromatic rings.